The van der Waals surface area contributed by atoms with Gasteiger partial charge < -0.3 is 15.3 Å². The van der Waals surface area contributed by atoms with Gasteiger partial charge in [0, 0.05) is 53.4 Å². The number of nitrogens with two attached hydrogens (primary N) is 1. The first-order valence-corrected chi connectivity index (χ1v) is 14.1. The molecule has 2 aromatic carbocycles. The molecule has 3 heterocycles. The predicted octanol–water partition coefficient (Wildman–Crippen LogP) is 4.41. The average Bonchev–Trinajstić information content (AvgIpc) is 3.02. The van der Waals surface area contributed by atoms with Crippen molar-refractivity contribution in [2.45, 2.75) is 32.2 Å². The predicted molar refractivity (Wildman–Crippen MR) is 172 cm³/mol. The van der Waals surface area contributed by atoms with Crippen LogP contribution in [0, 0.1) is 11.8 Å². The fourth-order valence-corrected chi connectivity index (χ4v) is 5.22. The second kappa shape index (κ2) is 14.2. The van der Waals surface area contributed by atoms with E-state index < -0.39 is 17.9 Å². The van der Waals surface area contributed by atoms with Gasteiger partial charge in [-0.25, -0.2) is 20.6 Å². The molecule has 0 spiro atoms. The van der Waals surface area contributed by atoms with Crippen molar-refractivity contribution in [3.8, 4) is 23.1 Å². The van der Waals surface area contributed by atoms with Gasteiger partial charge in [-0.05, 0) is 55.7 Å². The van der Waals surface area contributed by atoms with Crippen molar-refractivity contribution in [3.63, 3.8) is 0 Å². The maximum absolute atomic E-state index is 13.0. The smallest absolute Gasteiger partial charge is 0.326 e. The van der Waals surface area contributed by atoms with Crippen LogP contribution in [0.1, 0.15) is 58.0 Å². The Balaban J connectivity index is 0.00000461. The Morgan fingerprint density at radius 2 is 1.80 bits per heavy atom. The Kier molecular flexibility index (Phi) is 10.4. The van der Waals surface area contributed by atoms with Crippen molar-refractivity contribution in [1.29, 1.82) is 0 Å². The molecule has 2 aromatic heterocycles. The van der Waals surface area contributed by atoms with Crippen LogP contribution in [0.5, 0.6) is 0 Å². The van der Waals surface area contributed by atoms with Crippen LogP contribution in [-0.4, -0.2) is 56.3 Å². The molecule has 0 aliphatic carbocycles. The van der Waals surface area contributed by atoms with E-state index in [9.17, 15) is 24.3 Å². The first-order valence-electron chi connectivity index (χ1n) is 13.7. The normalized spacial score (nSPS) is 14.0. The van der Waals surface area contributed by atoms with Crippen molar-refractivity contribution in [2.75, 3.05) is 11.9 Å². The maximum Gasteiger partial charge on any atom is 0.326 e. The van der Waals surface area contributed by atoms with Crippen LogP contribution >= 0.6 is 24.0 Å². The van der Waals surface area contributed by atoms with Gasteiger partial charge in [-0.2, -0.15) is 0 Å². The van der Waals surface area contributed by atoms with Gasteiger partial charge in [0.1, 0.15) is 11.9 Å². The first-order chi connectivity index (χ1) is 21.1. The molecule has 230 valence electrons. The highest BCUT2D eigenvalue weighted by Crippen LogP contribution is 2.27. The summed E-state index contributed by atoms with van der Waals surface area (Å²) in [7, 11) is 0. The molecule has 0 bridgehead atoms. The van der Waals surface area contributed by atoms with Crippen LogP contribution in [0.4, 0.5) is 5.82 Å². The number of carbonyl (C=O) groups is 4. The van der Waals surface area contributed by atoms with E-state index in [0.717, 1.165) is 12.8 Å². The maximum atomic E-state index is 13.0. The van der Waals surface area contributed by atoms with Crippen molar-refractivity contribution < 1.29 is 24.3 Å². The van der Waals surface area contributed by atoms with E-state index in [1.54, 1.807) is 48.5 Å². The summed E-state index contributed by atoms with van der Waals surface area (Å²) in [6, 6.07) is 14.3. The lowest BCUT2D eigenvalue weighted by Crippen LogP contribution is -2.47. The second-order valence-electron chi connectivity index (χ2n) is 10.2. The number of hydrogen-bond acceptors (Lipinski definition) is 7. The van der Waals surface area contributed by atoms with E-state index in [4.69, 9.17) is 17.4 Å². The molecule has 45 heavy (non-hydrogen) atoms. The number of hydrogen-bond donors (Lipinski definition) is 4. The lowest BCUT2D eigenvalue weighted by Gasteiger charge is -2.33. The summed E-state index contributed by atoms with van der Waals surface area (Å²) in [5, 5.41) is 12.9. The van der Waals surface area contributed by atoms with Gasteiger partial charge in [0.2, 0.25) is 5.91 Å². The monoisotopic (exact) mass is 646 g/mol. The summed E-state index contributed by atoms with van der Waals surface area (Å²) in [4.78, 5) is 58.9. The number of carboxylic acids is 1. The van der Waals surface area contributed by atoms with E-state index in [1.165, 1.54) is 24.1 Å². The van der Waals surface area contributed by atoms with Crippen LogP contribution in [0.15, 0.2) is 60.8 Å². The molecule has 1 atom stereocenters. The van der Waals surface area contributed by atoms with Crippen LogP contribution in [0.25, 0.3) is 22.2 Å². The molecule has 4 aromatic rings. The van der Waals surface area contributed by atoms with Crippen LogP contribution in [0.2, 0.25) is 5.02 Å². The van der Waals surface area contributed by atoms with Crippen molar-refractivity contribution in [2.24, 2.45) is 5.84 Å². The van der Waals surface area contributed by atoms with Crippen LogP contribution in [0.3, 0.4) is 0 Å². The number of piperidine rings is 1. The Morgan fingerprint density at radius 3 is 2.47 bits per heavy atom. The number of halogens is 2. The topological polar surface area (TPSA) is 168 Å². The first kappa shape index (κ1) is 32.9. The zero-order valence-corrected chi connectivity index (χ0v) is 25.5. The number of fused-ring (bicyclic) bond motifs is 1. The Morgan fingerprint density at radius 1 is 1.04 bits per heavy atom. The third-order valence-corrected chi connectivity index (χ3v) is 7.47. The number of nitrogen functional groups attached to an aromatic ring is 1. The zero-order valence-electron chi connectivity index (χ0n) is 24.0. The molecular formula is C32H28Cl2N6O5. The van der Waals surface area contributed by atoms with Crippen molar-refractivity contribution in [1.82, 2.24) is 20.3 Å². The van der Waals surface area contributed by atoms with E-state index in [-0.39, 0.29) is 34.8 Å². The highest BCUT2D eigenvalue weighted by Gasteiger charge is 2.32. The summed E-state index contributed by atoms with van der Waals surface area (Å²) >= 11 is 6.45. The molecule has 1 aliphatic heterocycles. The number of rotatable bonds is 5. The van der Waals surface area contributed by atoms with E-state index in [0.29, 0.717) is 57.6 Å². The minimum atomic E-state index is -1.01. The number of aromatic nitrogens is 2. The second-order valence-corrected chi connectivity index (χ2v) is 10.6. The summed E-state index contributed by atoms with van der Waals surface area (Å²) < 4.78 is 0. The molecule has 1 aliphatic rings. The number of likely N-dealkylation sites (tertiary alicyclic amines) is 1. The summed E-state index contributed by atoms with van der Waals surface area (Å²) in [6.07, 6.45) is 3.40. The molecule has 1 unspecified atom stereocenters. The molecule has 1 saturated heterocycles. The average molecular weight is 648 g/mol. The van der Waals surface area contributed by atoms with Crippen molar-refractivity contribution in [3.05, 3.63) is 88.1 Å². The number of nitrogens with zero attached hydrogens (tertiary/aromatic N) is 3. The fourth-order valence-electron chi connectivity index (χ4n) is 4.99. The Labute approximate surface area is 269 Å². The van der Waals surface area contributed by atoms with Gasteiger partial charge >= 0.3 is 5.97 Å². The summed E-state index contributed by atoms with van der Waals surface area (Å²) in [6.45, 7) is 1.75. The number of carbonyl (C=O) groups excluding carboxylic acids is 3. The Hall–Kier alpha value is -5.02. The fraction of sp³-hybridized carbons (Fsp3) is 0.188. The Bertz CT molecular complexity index is 1870. The number of carboxylic acid groups (broad SMARTS) is 1. The zero-order chi connectivity index (χ0) is 31.4. The van der Waals surface area contributed by atoms with Crippen LogP contribution in [-0.2, 0) is 9.59 Å². The number of aliphatic carboxylic acids is 1. The summed E-state index contributed by atoms with van der Waals surface area (Å²) in [5.41, 5.74) is 5.56. The SMILES string of the molecule is CC(=O)Nc1cc2nc(-c3ccc(C#Cc4ccc(C(=O)N5CCCCC5C(=O)O)cc4Cl)cc3)cc(C(=O)NN)c2cn1.Cl. The molecule has 3 amide bonds. The van der Waals surface area contributed by atoms with Gasteiger partial charge in [0.25, 0.3) is 11.8 Å². The van der Waals surface area contributed by atoms with Gasteiger partial charge in [-0.3, -0.25) is 19.8 Å². The number of hydrazine groups is 1. The molecule has 5 rings (SSSR count). The van der Waals surface area contributed by atoms with Gasteiger partial charge in [0.05, 0.1) is 21.8 Å². The number of pyridine rings is 2. The lowest BCUT2D eigenvalue weighted by atomic mass is 10.0. The molecule has 0 radical (unpaired) electrons. The van der Waals surface area contributed by atoms with Gasteiger partial charge in [-0.1, -0.05) is 35.6 Å². The minimum Gasteiger partial charge on any atom is -0.480 e. The molecule has 1 fully saturated rings. The molecular weight excluding hydrogens is 619 g/mol. The molecule has 5 N–H and O–H groups in total. The number of benzene rings is 2. The quantitative estimate of drug-likeness (QED) is 0.107. The highest BCUT2D eigenvalue weighted by atomic mass is 35.5. The molecule has 11 nitrogen and oxygen atoms in total. The largest absolute Gasteiger partial charge is 0.480 e. The third kappa shape index (κ3) is 7.38. The minimum absolute atomic E-state index is 0. The summed E-state index contributed by atoms with van der Waals surface area (Å²) in [5.74, 6) is 9.58. The van der Waals surface area contributed by atoms with E-state index in [2.05, 4.69) is 32.6 Å². The van der Waals surface area contributed by atoms with Crippen LogP contribution < -0.4 is 16.6 Å². The third-order valence-electron chi connectivity index (χ3n) is 7.16. The van der Waals surface area contributed by atoms with Gasteiger partial charge in [-0.15, -0.1) is 12.4 Å². The standard InChI is InChI=1S/C32H27ClN6O5.ClH/c1-18(40)36-29-16-27-24(17-35-29)23(30(41)38-34)15-26(37-27)21-9-6-19(7-10-21)5-8-20-11-12-22(14-25(20)33)31(42)39-13-3-2-4-28(39)32(43)44;/h6-7,9-12,14-17,28H,2-4,13,34H2,1H3,(H,38,41)(H,43,44)(H,35,36,40);1H. The number of amides is 3. The van der Waals surface area contributed by atoms with Crippen molar-refractivity contribution >= 4 is 64.4 Å². The lowest BCUT2D eigenvalue weighted by molar-refractivity contribution is -0.143. The number of nitrogens with one attached hydrogen (secondary N) is 2. The van der Waals surface area contributed by atoms with E-state index in [1.807, 2.05) is 0 Å². The van der Waals surface area contributed by atoms with Gasteiger partial charge in [0.15, 0.2) is 0 Å². The number of anilines is 1. The molecule has 13 heteroatoms. The molecule has 0 saturated carbocycles. The van der Waals surface area contributed by atoms with E-state index >= 15 is 0 Å². The highest BCUT2D eigenvalue weighted by molar-refractivity contribution is 6.32.